The second-order valence-electron chi connectivity index (χ2n) is 5.40. The summed E-state index contributed by atoms with van der Waals surface area (Å²) in [4.78, 5) is 23.0. The molecule has 0 saturated carbocycles. The number of hydrogen-bond donors (Lipinski definition) is 1. The molecule has 1 aromatic heterocycles. The lowest BCUT2D eigenvalue weighted by atomic mass is 10.2. The minimum atomic E-state index is -0.211. The summed E-state index contributed by atoms with van der Waals surface area (Å²) in [6.07, 6.45) is 5.51. The molecule has 0 unspecified atom stereocenters. The number of hydrogen-bond acceptors (Lipinski definition) is 4. The Morgan fingerprint density at radius 3 is 2.55 bits per heavy atom. The summed E-state index contributed by atoms with van der Waals surface area (Å²) >= 11 is 3.45. The van der Waals surface area contributed by atoms with Crippen molar-refractivity contribution < 1.29 is 4.79 Å². The fourth-order valence-corrected chi connectivity index (χ4v) is 3.03. The van der Waals surface area contributed by atoms with E-state index in [1.165, 1.54) is 12.8 Å². The van der Waals surface area contributed by atoms with Gasteiger partial charge in [0.1, 0.15) is 0 Å². The fourth-order valence-electron chi connectivity index (χ4n) is 2.43. The first kappa shape index (κ1) is 15.0. The molecule has 1 saturated heterocycles. The minimum absolute atomic E-state index is 0.211. The van der Waals surface area contributed by atoms with Gasteiger partial charge in [0.05, 0.1) is 11.3 Å². The molecule has 6 heteroatoms. The topological polar surface area (TPSA) is 58.1 Å². The lowest BCUT2D eigenvalue weighted by Crippen LogP contribution is -2.21. The zero-order valence-corrected chi connectivity index (χ0v) is 13.9. The number of carbonyl (C=O) groups excluding carboxylic acids is 1. The first-order valence-electron chi connectivity index (χ1n) is 7.28. The van der Waals surface area contributed by atoms with E-state index < -0.39 is 0 Å². The van der Waals surface area contributed by atoms with Gasteiger partial charge in [-0.25, -0.2) is 9.97 Å². The van der Waals surface area contributed by atoms with Crippen LogP contribution in [0.25, 0.3) is 0 Å². The lowest BCUT2D eigenvalue weighted by molar-refractivity contribution is 0.102. The van der Waals surface area contributed by atoms with Gasteiger partial charge < -0.3 is 10.2 Å². The Morgan fingerprint density at radius 1 is 1.23 bits per heavy atom. The molecular weight excluding hydrogens is 344 g/mol. The van der Waals surface area contributed by atoms with Crippen LogP contribution in [0.15, 0.2) is 35.1 Å². The van der Waals surface area contributed by atoms with E-state index in [0.29, 0.717) is 11.5 Å². The summed E-state index contributed by atoms with van der Waals surface area (Å²) in [6, 6.07) is 5.78. The molecule has 3 rings (SSSR count). The van der Waals surface area contributed by atoms with Gasteiger partial charge >= 0.3 is 0 Å². The van der Waals surface area contributed by atoms with Crippen LogP contribution < -0.4 is 10.2 Å². The second-order valence-corrected chi connectivity index (χ2v) is 6.26. The molecule has 1 fully saturated rings. The SMILES string of the molecule is Cc1ccc(NC(=O)c2cnc(N3CCCC3)nc2)c(Br)c1. The molecule has 5 nitrogen and oxygen atoms in total. The number of amides is 1. The summed E-state index contributed by atoms with van der Waals surface area (Å²) in [6.45, 7) is 3.98. The predicted molar refractivity (Wildman–Crippen MR) is 90.3 cm³/mol. The molecule has 1 N–H and O–H groups in total. The molecule has 114 valence electrons. The van der Waals surface area contributed by atoms with Crippen LogP contribution in [0.2, 0.25) is 0 Å². The Morgan fingerprint density at radius 2 is 1.91 bits per heavy atom. The zero-order chi connectivity index (χ0) is 15.5. The number of aryl methyl sites for hydroxylation is 1. The number of halogens is 1. The van der Waals surface area contributed by atoms with E-state index in [1.807, 2.05) is 25.1 Å². The van der Waals surface area contributed by atoms with Crippen molar-refractivity contribution in [2.24, 2.45) is 0 Å². The number of nitrogens with one attached hydrogen (secondary N) is 1. The first-order valence-corrected chi connectivity index (χ1v) is 8.07. The maximum absolute atomic E-state index is 12.3. The van der Waals surface area contributed by atoms with Crippen molar-refractivity contribution in [1.29, 1.82) is 0 Å². The highest BCUT2D eigenvalue weighted by atomic mass is 79.9. The third-order valence-corrected chi connectivity index (χ3v) is 4.32. The molecule has 0 aliphatic carbocycles. The summed E-state index contributed by atoms with van der Waals surface area (Å²) < 4.78 is 0.857. The van der Waals surface area contributed by atoms with Crippen molar-refractivity contribution in [1.82, 2.24) is 9.97 Å². The van der Waals surface area contributed by atoms with E-state index in [9.17, 15) is 4.79 Å². The van der Waals surface area contributed by atoms with Gasteiger partial charge in [-0.2, -0.15) is 0 Å². The van der Waals surface area contributed by atoms with Crippen LogP contribution in [-0.4, -0.2) is 29.0 Å². The Hall–Kier alpha value is -1.95. The molecule has 0 bridgehead atoms. The highest BCUT2D eigenvalue weighted by Crippen LogP contribution is 2.24. The van der Waals surface area contributed by atoms with Crippen molar-refractivity contribution >= 4 is 33.5 Å². The van der Waals surface area contributed by atoms with Gasteiger partial charge in [-0.1, -0.05) is 6.07 Å². The summed E-state index contributed by atoms with van der Waals surface area (Å²) in [7, 11) is 0. The van der Waals surface area contributed by atoms with Crippen LogP contribution in [0.4, 0.5) is 11.6 Å². The summed E-state index contributed by atoms with van der Waals surface area (Å²) in [5.41, 5.74) is 2.32. The van der Waals surface area contributed by atoms with Crippen molar-refractivity contribution in [3.8, 4) is 0 Å². The molecule has 1 aliphatic rings. The number of nitrogens with zero attached hydrogens (tertiary/aromatic N) is 3. The van der Waals surface area contributed by atoms with E-state index >= 15 is 0 Å². The van der Waals surface area contributed by atoms with Crippen LogP contribution in [0.5, 0.6) is 0 Å². The average Bonchev–Trinajstić information content (AvgIpc) is 3.04. The van der Waals surface area contributed by atoms with Gasteiger partial charge in [0, 0.05) is 30.0 Å². The fraction of sp³-hybridized carbons (Fsp3) is 0.312. The zero-order valence-electron chi connectivity index (χ0n) is 12.3. The van der Waals surface area contributed by atoms with E-state index in [-0.39, 0.29) is 5.91 Å². The molecule has 1 aliphatic heterocycles. The third-order valence-electron chi connectivity index (χ3n) is 3.66. The van der Waals surface area contributed by atoms with E-state index in [1.54, 1.807) is 12.4 Å². The average molecular weight is 361 g/mol. The van der Waals surface area contributed by atoms with Gasteiger partial charge in [-0.05, 0) is 53.4 Å². The highest BCUT2D eigenvalue weighted by Gasteiger charge is 2.16. The Balaban J connectivity index is 1.71. The third kappa shape index (κ3) is 3.27. The van der Waals surface area contributed by atoms with Crippen LogP contribution >= 0.6 is 15.9 Å². The molecule has 1 aromatic carbocycles. The Kier molecular flexibility index (Phi) is 4.38. The number of benzene rings is 1. The highest BCUT2D eigenvalue weighted by molar-refractivity contribution is 9.10. The number of anilines is 2. The Bertz CT molecular complexity index is 681. The second kappa shape index (κ2) is 6.44. The number of carbonyl (C=O) groups is 1. The Labute approximate surface area is 137 Å². The summed E-state index contributed by atoms with van der Waals surface area (Å²) in [5, 5.41) is 2.86. The van der Waals surface area contributed by atoms with E-state index in [4.69, 9.17) is 0 Å². The van der Waals surface area contributed by atoms with Crippen LogP contribution in [0.3, 0.4) is 0 Å². The van der Waals surface area contributed by atoms with Crippen molar-refractivity contribution in [2.75, 3.05) is 23.3 Å². The maximum atomic E-state index is 12.3. The smallest absolute Gasteiger partial charge is 0.258 e. The van der Waals surface area contributed by atoms with Gasteiger partial charge in [0.25, 0.3) is 5.91 Å². The van der Waals surface area contributed by atoms with Crippen LogP contribution in [0, 0.1) is 6.92 Å². The maximum Gasteiger partial charge on any atom is 0.258 e. The van der Waals surface area contributed by atoms with Gasteiger partial charge in [0.2, 0.25) is 5.95 Å². The van der Waals surface area contributed by atoms with Gasteiger partial charge in [-0.3, -0.25) is 4.79 Å². The summed E-state index contributed by atoms with van der Waals surface area (Å²) in [5.74, 6) is 0.489. The van der Waals surface area contributed by atoms with Gasteiger partial charge in [-0.15, -0.1) is 0 Å². The largest absolute Gasteiger partial charge is 0.341 e. The van der Waals surface area contributed by atoms with Crippen LogP contribution in [0.1, 0.15) is 28.8 Å². The molecule has 0 atom stereocenters. The molecule has 2 heterocycles. The van der Waals surface area contributed by atoms with E-state index in [0.717, 1.165) is 28.8 Å². The van der Waals surface area contributed by atoms with Crippen molar-refractivity contribution in [3.05, 3.63) is 46.2 Å². The number of rotatable bonds is 3. The first-order chi connectivity index (χ1) is 10.6. The molecule has 0 radical (unpaired) electrons. The van der Waals surface area contributed by atoms with Gasteiger partial charge in [0.15, 0.2) is 0 Å². The molecule has 22 heavy (non-hydrogen) atoms. The molecular formula is C16H17BrN4O. The normalized spacial score (nSPS) is 14.2. The van der Waals surface area contributed by atoms with E-state index in [2.05, 4.69) is 36.1 Å². The van der Waals surface area contributed by atoms with Crippen molar-refractivity contribution in [2.45, 2.75) is 19.8 Å². The standard InChI is InChI=1S/C16H17BrN4O/c1-11-4-5-14(13(17)8-11)20-15(22)12-9-18-16(19-10-12)21-6-2-3-7-21/h4-5,8-10H,2-3,6-7H2,1H3,(H,20,22). The van der Waals surface area contributed by atoms with Crippen LogP contribution in [-0.2, 0) is 0 Å². The number of aromatic nitrogens is 2. The lowest BCUT2D eigenvalue weighted by Gasteiger charge is -2.14. The monoisotopic (exact) mass is 360 g/mol. The quantitative estimate of drug-likeness (QED) is 0.911. The predicted octanol–water partition coefficient (Wildman–Crippen LogP) is 3.40. The van der Waals surface area contributed by atoms with Crippen molar-refractivity contribution in [3.63, 3.8) is 0 Å². The molecule has 2 aromatic rings. The molecule has 1 amide bonds. The molecule has 0 spiro atoms. The minimum Gasteiger partial charge on any atom is -0.341 e.